The molecule has 0 aliphatic rings. The van der Waals surface area contributed by atoms with Crippen LogP contribution in [0.2, 0.25) is 0 Å². The summed E-state index contributed by atoms with van der Waals surface area (Å²) in [6.07, 6.45) is 3.35. The van der Waals surface area contributed by atoms with E-state index >= 15 is 0 Å². The summed E-state index contributed by atoms with van der Waals surface area (Å²) in [5, 5.41) is 5.59. The first-order valence-corrected chi connectivity index (χ1v) is 12.6. The molecular weight excluding hydrogens is 474 g/mol. The minimum absolute atomic E-state index is 0.0968. The third kappa shape index (κ3) is 4.91. The van der Waals surface area contributed by atoms with Gasteiger partial charge in [0.05, 0.1) is 11.4 Å². The van der Waals surface area contributed by atoms with Crippen LogP contribution in [-0.2, 0) is 0 Å². The van der Waals surface area contributed by atoms with Crippen LogP contribution >= 0.6 is 22.7 Å². The van der Waals surface area contributed by atoms with Gasteiger partial charge in [0, 0.05) is 27.1 Å². The molecule has 5 nitrogen and oxygen atoms in total. The Labute approximate surface area is 210 Å². The second kappa shape index (κ2) is 9.66. The van der Waals surface area contributed by atoms with E-state index in [0.29, 0.717) is 26.6 Å². The number of aryl methyl sites for hydroxylation is 1. The number of aromatic nitrogens is 1. The van der Waals surface area contributed by atoms with Crippen LogP contribution in [0, 0.1) is 6.92 Å². The number of benzene rings is 2. The number of pyridine rings is 1. The molecule has 0 spiro atoms. The fourth-order valence-corrected chi connectivity index (χ4v) is 5.20. The van der Waals surface area contributed by atoms with Gasteiger partial charge in [-0.25, -0.2) is 4.98 Å². The van der Waals surface area contributed by atoms with Crippen LogP contribution in [0.3, 0.4) is 0 Å². The van der Waals surface area contributed by atoms with Crippen LogP contribution in [0.1, 0.15) is 30.5 Å². The summed E-state index contributed by atoms with van der Waals surface area (Å²) < 4.78 is 0. The maximum atomic E-state index is 13.0. The number of rotatable bonds is 6. The van der Waals surface area contributed by atoms with E-state index in [9.17, 15) is 9.59 Å². The Morgan fingerprint density at radius 1 is 0.971 bits per heavy atom. The first-order chi connectivity index (χ1) is 17.0. The van der Waals surface area contributed by atoms with E-state index in [1.165, 1.54) is 16.9 Å². The number of anilines is 2. The maximum Gasteiger partial charge on any atom is 0.267 e. The Morgan fingerprint density at radius 3 is 2.46 bits per heavy atom. The minimum Gasteiger partial charge on any atom is -0.397 e. The number of ketones is 1. The quantitative estimate of drug-likeness (QED) is 0.195. The molecule has 0 atom stereocenters. The number of nitrogen functional groups attached to an aromatic ring is 1. The minimum atomic E-state index is -0.306. The SMILES string of the molecule is Cc1ccc(-c2ccc3c(N)c(C(=O)Nc4ccc(C(=O)C=Cc5cccs5)cc4)sc3n2)cc1. The topological polar surface area (TPSA) is 85.1 Å². The lowest BCUT2D eigenvalue weighted by Gasteiger charge is -2.05. The molecule has 0 fully saturated rings. The lowest BCUT2D eigenvalue weighted by molar-refractivity contribution is 0.102. The first kappa shape index (κ1) is 22.7. The fourth-order valence-electron chi connectivity index (χ4n) is 3.60. The van der Waals surface area contributed by atoms with Crippen molar-refractivity contribution in [2.45, 2.75) is 6.92 Å². The fraction of sp³-hybridized carbons (Fsp3) is 0.0357. The highest BCUT2D eigenvalue weighted by molar-refractivity contribution is 7.21. The molecule has 5 rings (SSSR count). The van der Waals surface area contributed by atoms with Crippen molar-refractivity contribution in [3.63, 3.8) is 0 Å². The largest absolute Gasteiger partial charge is 0.397 e. The monoisotopic (exact) mass is 495 g/mol. The summed E-state index contributed by atoms with van der Waals surface area (Å²) in [4.78, 5) is 32.2. The van der Waals surface area contributed by atoms with E-state index in [0.717, 1.165) is 21.5 Å². The average molecular weight is 496 g/mol. The van der Waals surface area contributed by atoms with Crippen molar-refractivity contribution in [1.29, 1.82) is 0 Å². The van der Waals surface area contributed by atoms with Gasteiger partial charge in [-0.1, -0.05) is 35.9 Å². The standard InChI is InChI=1S/C28H21N3O2S2/c1-17-4-6-18(7-5-17)23-14-13-22-25(29)26(35-28(22)31-23)27(33)30-20-10-8-19(9-11-20)24(32)15-12-21-3-2-16-34-21/h2-16H,29H2,1H3,(H,30,33). The van der Waals surface area contributed by atoms with Gasteiger partial charge in [0.25, 0.3) is 5.91 Å². The molecule has 172 valence electrons. The predicted molar refractivity (Wildman–Crippen MR) is 146 cm³/mol. The molecule has 0 radical (unpaired) electrons. The lowest BCUT2D eigenvalue weighted by Crippen LogP contribution is -2.12. The van der Waals surface area contributed by atoms with Crippen molar-refractivity contribution in [3.8, 4) is 11.3 Å². The molecule has 0 bridgehead atoms. The maximum absolute atomic E-state index is 13.0. The van der Waals surface area contributed by atoms with E-state index in [2.05, 4.69) is 5.32 Å². The Morgan fingerprint density at radius 2 is 1.74 bits per heavy atom. The number of fused-ring (bicyclic) bond motifs is 1. The molecule has 2 aromatic carbocycles. The van der Waals surface area contributed by atoms with Gasteiger partial charge in [0.2, 0.25) is 0 Å². The molecule has 0 aliphatic heterocycles. The van der Waals surface area contributed by atoms with Gasteiger partial charge in [-0.3, -0.25) is 9.59 Å². The highest BCUT2D eigenvalue weighted by atomic mass is 32.1. The number of carbonyl (C=O) groups is 2. The van der Waals surface area contributed by atoms with Crippen molar-refractivity contribution in [1.82, 2.24) is 4.98 Å². The van der Waals surface area contributed by atoms with Crippen LogP contribution in [0.25, 0.3) is 27.6 Å². The van der Waals surface area contributed by atoms with Gasteiger partial charge in [0.15, 0.2) is 5.78 Å². The predicted octanol–water partition coefficient (Wildman–Crippen LogP) is 7.06. The molecular formula is C28H21N3O2S2. The van der Waals surface area contributed by atoms with Crippen LogP contribution in [0.5, 0.6) is 0 Å². The molecule has 3 heterocycles. The van der Waals surface area contributed by atoms with Crippen molar-refractivity contribution in [2.75, 3.05) is 11.1 Å². The van der Waals surface area contributed by atoms with Gasteiger partial charge in [-0.2, -0.15) is 0 Å². The molecule has 0 saturated heterocycles. The molecule has 0 saturated carbocycles. The molecule has 1 amide bonds. The Hall–Kier alpha value is -4.07. The normalized spacial score (nSPS) is 11.2. The van der Waals surface area contributed by atoms with Gasteiger partial charge in [0.1, 0.15) is 9.71 Å². The Kier molecular flexibility index (Phi) is 6.27. The van der Waals surface area contributed by atoms with Crippen LogP contribution in [0.15, 0.2) is 84.3 Å². The summed E-state index contributed by atoms with van der Waals surface area (Å²) in [7, 11) is 0. The Balaban J connectivity index is 1.32. The number of carbonyl (C=O) groups excluding carboxylic acids is 2. The lowest BCUT2D eigenvalue weighted by atomic mass is 10.1. The molecule has 35 heavy (non-hydrogen) atoms. The number of thiophene rings is 2. The number of amides is 1. The summed E-state index contributed by atoms with van der Waals surface area (Å²) in [5.41, 5.74) is 10.9. The second-order valence-electron chi connectivity index (χ2n) is 8.00. The molecule has 7 heteroatoms. The van der Waals surface area contributed by atoms with Crippen LogP contribution in [-0.4, -0.2) is 16.7 Å². The van der Waals surface area contributed by atoms with Crippen molar-refractivity contribution >= 4 is 62.0 Å². The summed E-state index contributed by atoms with van der Waals surface area (Å²) in [5.74, 6) is -0.403. The average Bonchev–Trinajstić information content (AvgIpc) is 3.51. The van der Waals surface area contributed by atoms with Crippen molar-refractivity contribution in [3.05, 3.63) is 105 Å². The highest BCUT2D eigenvalue weighted by Gasteiger charge is 2.18. The zero-order valence-electron chi connectivity index (χ0n) is 18.8. The number of hydrogen-bond donors (Lipinski definition) is 2. The van der Waals surface area contributed by atoms with Gasteiger partial charge in [-0.15, -0.1) is 22.7 Å². The zero-order chi connectivity index (χ0) is 24.4. The Bertz CT molecular complexity index is 1550. The number of allylic oxidation sites excluding steroid dienone is 1. The smallest absolute Gasteiger partial charge is 0.267 e. The molecule has 0 aliphatic carbocycles. The highest BCUT2D eigenvalue weighted by Crippen LogP contribution is 2.34. The number of hydrogen-bond acceptors (Lipinski definition) is 6. The third-order valence-corrected chi connectivity index (χ3v) is 7.47. The summed E-state index contributed by atoms with van der Waals surface area (Å²) in [6, 6.07) is 22.7. The molecule has 3 N–H and O–H groups in total. The summed E-state index contributed by atoms with van der Waals surface area (Å²) in [6.45, 7) is 2.04. The van der Waals surface area contributed by atoms with E-state index in [4.69, 9.17) is 10.7 Å². The van der Waals surface area contributed by atoms with E-state index in [1.807, 2.05) is 60.8 Å². The zero-order valence-corrected chi connectivity index (χ0v) is 20.5. The summed E-state index contributed by atoms with van der Waals surface area (Å²) >= 11 is 2.84. The second-order valence-corrected chi connectivity index (χ2v) is 9.98. The van der Waals surface area contributed by atoms with E-state index < -0.39 is 0 Å². The van der Waals surface area contributed by atoms with E-state index in [-0.39, 0.29) is 11.7 Å². The van der Waals surface area contributed by atoms with E-state index in [1.54, 1.807) is 47.8 Å². The van der Waals surface area contributed by atoms with Crippen LogP contribution < -0.4 is 11.1 Å². The van der Waals surface area contributed by atoms with Crippen molar-refractivity contribution in [2.24, 2.45) is 0 Å². The van der Waals surface area contributed by atoms with Gasteiger partial charge >= 0.3 is 0 Å². The van der Waals surface area contributed by atoms with Gasteiger partial charge < -0.3 is 11.1 Å². The third-order valence-electron chi connectivity index (χ3n) is 5.52. The molecule has 0 unspecified atom stereocenters. The first-order valence-electron chi connectivity index (χ1n) is 10.9. The van der Waals surface area contributed by atoms with Crippen LogP contribution in [0.4, 0.5) is 11.4 Å². The molecule has 5 aromatic rings. The number of nitrogens with zero attached hydrogens (tertiary/aromatic N) is 1. The molecule has 3 aromatic heterocycles. The van der Waals surface area contributed by atoms with Crippen molar-refractivity contribution < 1.29 is 9.59 Å². The van der Waals surface area contributed by atoms with Gasteiger partial charge in [-0.05, 0) is 66.9 Å². The number of nitrogens with two attached hydrogens (primary N) is 1. The number of nitrogens with one attached hydrogen (secondary N) is 1.